The van der Waals surface area contributed by atoms with Gasteiger partial charge in [-0.2, -0.15) is 0 Å². The summed E-state index contributed by atoms with van der Waals surface area (Å²) >= 11 is 0. The zero-order valence-electron chi connectivity index (χ0n) is 19.3. The summed E-state index contributed by atoms with van der Waals surface area (Å²) in [5, 5.41) is 2.64. The Bertz CT molecular complexity index is 1020. The van der Waals surface area contributed by atoms with Crippen LogP contribution >= 0.6 is 0 Å². The molecule has 0 bridgehead atoms. The van der Waals surface area contributed by atoms with E-state index in [0.29, 0.717) is 0 Å². The lowest BCUT2D eigenvalue weighted by Crippen LogP contribution is -2.18. The molecule has 1 fully saturated rings. The summed E-state index contributed by atoms with van der Waals surface area (Å²) in [4.78, 5) is 0. The first-order valence-electron chi connectivity index (χ1n) is 11.5. The zero-order chi connectivity index (χ0) is 21.4. The van der Waals surface area contributed by atoms with Crippen molar-refractivity contribution in [3.8, 4) is 5.75 Å². The molecule has 0 aromatic heterocycles. The fraction of sp³-hybridized carbons (Fsp3) is 0.448. The quantitative estimate of drug-likeness (QED) is 0.392. The van der Waals surface area contributed by atoms with Crippen LogP contribution in [0.4, 0.5) is 0 Å². The largest absolute Gasteiger partial charge is 0.493 e. The summed E-state index contributed by atoms with van der Waals surface area (Å²) in [5.74, 6) is 1.83. The summed E-state index contributed by atoms with van der Waals surface area (Å²) in [6.45, 7) is 12.5. The summed E-state index contributed by atoms with van der Waals surface area (Å²) in [6, 6.07) is 22.5. The van der Waals surface area contributed by atoms with Crippen molar-refractivity contribution in [1.29, 1.82) is 0 Å². The average Bonchev–Trinajstić information content (AvgIpc) is 3.54. The highest BCUT2D eigenvalue weighted by molar-refractivity contribution is 5.83. The fourth-order valence-electron chi connectivity index (χ4n) is 4.03. The van der Waals surface area contributed by atoms with Gasteiger partial charge in [0.25, 0.3) is 0 Å². The lowest BCUT2D eigenvalue weighted by atomic mass is 9.78. The lowest BCUT2D eigenvalue weighted by Gasteiger charge is -2.27. The maximum absolute atomic E-state index is 6.17. The molecule has 1 aliphatic carbocycles. The molecule has 1 saturated carbocycles. The Hall–Kier alpha value is -2.28. The normalized spacial score (nSPS) is 14.8. The van der Waals surface area contributed by atoms with Gasteiger partial charge in [0.2, 0.25) is 0 Å². The number of aryl methyl sites for hydroxylation is 1. The fourth-order valence-corrected chi connectivity index (χ4v) is 4.03. The molecule has 3 aromatic rings. The highest BCUT2D eigenvalue weighted by Gasteiger charge is 2.24. The monoisotopic (exact) mass is 400 g/mol. The number of fused-ring (bicyclic) bond motifs is 1. The molecule has 30 heavy (non-hydrogen) atoms. The van der Waals surface area contributed by atoms with E-state index in [1.807, 2.05) is 0 Å². The highest BCUT2D eigenvalue weighted by atomic mass is 16.5. The van der Waals surface area contributed by atoms with E-state index in [-0.39, 0.29) is 10.8 Å². The van der Waals surface area contributed by atoms with Crippen molar-refractivity contribution < 1.29 is 4.74 Å². The topological polar surface area (TPSA) is 9.23 Å². The Labute approximate surface area is 182 Å². The average molecular weight is 401 g/mol. The molecular formula is C29H36O. The van der Waals surface area contributed by atoms with E-state index in [0.717, 1.165) is 31.1 Å². The predicted molar refractivity (Wildman–Crippen MR) is 129 cm³/mol. The smallest absolute Gasteiger partial charge is 0.119 e. The van der Waals surface area contributed by atoms with Crippen LogP contribution in [-0.4, -0.2) is 6.61 Å². The minimum Gasteiger partial charge on any atom is -0.493 e. The maximum atomic E-state index is 6.17. The van der Waals surface area contributed by atoms with Gasteiger partial charge in [0.15, 0.2) is 0 Å². The second kappa shape index (κ2) is 8.10. The van der Waals surface area contributed by atoms with Crippen molar-refractivity contribution >= 4 is 10.8 Å². The molecule has 0 amide bonds. The van der Waals surface area contributed by atoms with Crippen LogP contribution in [0.15, 0.2) is 60.7 Å². The van der Waals surface area contributed by atoms with Crippen molar-refractivity contribution in [2.24, 2.45) is 5.92 Å². The Morgan fingerprint density at radius 2 is 1.53 bits per heavy atom. The van der Waals surface area contributed by atoms with E-state index in [1.165, 1.54) is 40.3 Å². The number of hydrogen-bond acceptors (Lipinski definition) is 1. The molecule has 1 heteroatoms. The van der Waals surface area contributed by atoms with Crippen molar-refractivity contribution in [1.82, 2.24) is 0 Å². The molecule has 0 N–H and O–H groups in total. The summed E-state index contributed by atoms with van der Waals surface area (Å²) in [5.41, 5.74) is 4.42. The molecule has 1 aliphatic rings. The van der Waals surface area contributed by atoms with Crippen LogP contribution in [0.25, 0.3) is 10.8 Å². The molecule has 0 radical (unpaired) electrons. The highest BCUT2D eigenvalue weighted by Crippen LogP contribution is 2.34. The maximum Gasteiger partial charge on any atom is 0.119 e. The van der Waals surface area contributed by atoms with E-state index in [2.05, 4.69) is 95.3 Å². The van der Waals surface area contributed by atoms with Crippen LogP contribution in [-0.2, 0) is 17.3 Å². The van der Waals surface area contributed by atoms with Gasteiger partial charge in [0.1, 0.15) is 5.75 Å². The molecule has 3 aromatic carbocycles. The van der Waals surface area contributed by atoms with E-state index < -0.39 is 0 Å². The second-order valence-electron chi connectivity index (χ2n) is 10.8. The van der Waals surface area contributed by atoms with E-state index in [4.69, 9.17) is 4.74 Å². The van der Waals surface area contributed by atoms with E-state index in [9.17, 15) is 0 Å². The predicted octanol–water partition coefficient (Wildman–Crippen LogP) is 7.84. The van der Waals surface area contributed by atoms with Crippen LogP contribution in [0.5, 0.6) is 5.75 Å². The number of benzene rings is 3. The van der Waals surface area contributed by atoms with Crippen molar-refractivity contribution in [3.63, 3.8) is 0 Å². The lowest BCUT2D eigenvalue weighted by molar-refractivity contribution is 0.298. The Kier molecular flexibility index (Phi) is 5.66. The van der Waals surface area contributed by atoms with Gasteiger partial charge in [-0.25, -0.2) is 0 Å². The van der Waals surface area contributed by atoms with Gasteiger partial charge in [0.05, 0.1) is 6.61 Å². The molecular weight excluding hydrogens is 364 g/mol. The zero-order valence-corrected chi connectivity index (χ0v) is 19.3. The van der Waals surface area contributed by atoms with E-state index >= 15 is 0 Å². The summed E-state index contributed by atoms with van der Waals surface area (Å²) < 4.78 is 6.17. The van der Waals surface area contributed by atoms with Crippen LogP contribution in [0, 0.1) is 5.92 Å². The second-order valence-corrected chi connectivity index (χ2v) is 10.8. The number of ether oxygens (including phenoxy) is 1. The van der Waals surface area contributed by atoms with Crippen LogP contribution in [0.3, 0.4) is 0 Å². The number of rotatable bonds is 7. The Balaban J connectivity index is 1.53. The van der Waals surface area contributed by atoms with Crippen LogP contribution in [0.2, 0.25) is 0 Å². The van der Waals surface area contributed by atoms with Crippen molar-refractivity contribution in [3.05, 3.63) is 77.4 Å². The van der Waals surface area contributed by atoms with Gasteiger partial charge in [-0.3, -0.25) is 0 Å². The van der Waals surface area contributed by atoms with E-state index in [1.54, 1.807) is 0 Å². The molecule has 0 aliphatic heterocycles. The van der Waals surface area contributed by atoms with Crippen molar-refractivity contribution in [2.75, 3.05) is 6.61 Å². The molecule has 4 rings (SSSR count). The van der Waals surface area contributed by atoms with Gasteiger partial charge in [-0.1, -0.05) is 83.1 Å². The van der Waals surface area contributed by atoms with Crippen LogP contribution in [0.1, 0.15) is 70.6 Å². The first kappa shape index (κ1) is 21.0. The Morgan fingerprint density at radius 3 is 2.23 bits per heavy atom. The van der Waals surface area contributed by atoms with Gasteiger partial charge < -0.3 is 4.74 Å². The third-order valence-electron chi connectivity index (χ3n) is 6.58. The summed E-state index contributed by atoms with van der Waals surface area (Å²) in [6.07, 6.45) is 4.82. The van der Waals surface area contributed by atoms with Gasteiger partial charge in [-0.15, -0.1) is 0 Å². The Morgan fingerprint density at radius 1 is 0.800 bits per heavy atom. The molecule has 1 nitrogen and oxygen atoms in total. The molecule has 0 atom stereocenters. The molecule has 0 saturated heterocycles. The summed E-state index contributed by atoms with van der Waals surface area (Å²) in [7, 11) is 0. The standard InChI is InChI=1S/C29H36O/c1-28(2,3)26-16-22(17-27(19-26)30-20-21-10-11-21)14-15-29(4,5)25-13-12-23-8-6-7-9-24(23)18-25/h6-9,12-13,16-19,21H,10-11,14-15,20H2,1-5H3. The first-order valence-corrected chi connectivity index (χ1v) is 11.5. The van der Waals surface area contributed by atoms with Gasteiger partial charge >= 0.3 is 0 Å². The minimum absolute atomic E-state index is 0.122. The first-order chi connectivity index (χ1) is 14.2. The van der Waals surface area contributed by atoms with Gasteiger partial charge in [-0.05, 0) is 82.0 Å². The van der Waals surface area contributed by atoms with Crippen molar-refractivity contribution in [2.45, 2.75) is 71.1 Å². The molecule has 0 spiro atoms. The van der Waals surface area contributed by atoms with Gasteiger partial charge in [0, 0.05) is 0 Å². The molecule has 158 valence electrons. The third kappa shape index (κ3) is 5.06. The third-order valence-corrected chi connectivity index (χ3v) is 6.58. The molecule has 0 unspecified atom stereocenters. The number of hydrogen-bond donors (Lipinski definition) is 0. The SMILES string of the molecule is CC(C)(C)c1cc(CCC(C)(C)c2ccc3ccccc3c2)cc(OCC2CC2)c1. The van der Waals surface area contributed by atoms with Crippen LogP contribution < -0.4 is 4.74 Å². The molecule has 0 heterocycles. The minimum atomic E-state index is 0.122.